The number of rotatable bonds is 4. The van der Waals surface area contributed by atoms with Gasteiger partial charge in [0, 0.05) is 0 Å². The van der Waals surface area contributed by atoms with E-state index >= 15 is 0 Å². The Labute approximate surface area is 157 Å². The van der Waals surface area contributed by atoms with Gasteiger partial charge in [0.05, 0.1) is 26.2 Å². The Hall–Kier alpha value is -2.02. The fraction of sp³-hybridized carbons (Fsp3) is 0.188. The minimum atomic E-state index is -0.743. The molecular formula is C16H11Cl3N2O4. The smallest absolute Gasteiger partial charge is 0.341 e. The van der Waals surface area contributed by atoms with Crippen molar-refractivity contribution in [1.82, 2.24) is 10.2 Å². The Kier molecular flexibility index (Phi) is 5.03. The Bertz CT molecular complexity index is 949. The van der Waals surface area contributed by atoms with E-state index in [0.29, 0.717) is 11.3 Å². The molecule has 9 heteroatoms. The van der Waals surface area contributed by atoms with Crippen LogP contribution in [-0.4, -0.2) is 16.2 Å². The molecule has 3 aromatic rings. The molecule has 0 atom stereocenters. The highest BCUT2D eigenvalue weighted by molar-refractivity contribution is 6.46. The van der Waals surface area contributed by atoms with Crippen molar-refractivity contribution in [1.29, 1.82) is 0 Å². The van der Waals surface area contributed by atoms with Crippen LogP contribution in [0.15, 0.2) is 27.0 Å². The zero-order valence-electron chi connectivity index (χ0n) is 13.1. The number of furan rings is 1. The number of aryl methyl sites for hydroxylation is 2. The average molecular weight is 402 g/mol. The van der Waals surface area contributed by atoms with Gasteiger partial charge in [-0.1, -0.05) is 34.8 Å². The maximum absolute atomic E-state index is 12.2. The van der Waals surface area contributed by atoms with Crippen molar-refractivity contribution < 1.29 is 18.4 Å². The lowest BCUT2D eigenvalue weighted by Gasteiger charge is -2.07. The zero-order chi connectivity index (χ0) is 18.1. The fourth-order valence-corrected chi connectivity index (χ4v) is 2.86. The summed E-state index contributed by atoms with van der Waals surface area (Å²) in [5.74, 6) is 1.04. The first kappa shape index (κ1) is 17.8. The van der Waals surface area contributed by atoms with Crippen LogP contribution in [0.1, 0.15) is 27.8 Å². The second-order valence-corrected chi connectivity index (χ2v) is 6.31. The van der Waals surface area contributed by atoms with E-state index in [4.69, 9.17) is 48.4 Å². The monoisotopic (exact) mass is 400 g/mol. The van der Waals surface area contributed by atoms with Crippen LogP contribution in [0, 0.1) is 13.8 Å². The normalized spacial score (nSPS) is 10.9. The third-order valence-corrected chi connectivity index (χ3v) is 4.43. The molecule has 0 bridgehead atoms. The first-order chi connectivity index (χ1) is 11.9. The van der Waals surface area contributed by atoms with Gasteiger partial charge in [-0.05, 0) is 32.0 Å². The first-order valence-corrected chi connectivity index (χ1v) is 8.20. The van der Waals surface area contributed by atoms with Gasteiger partial charge in [-0.15, -0.1) is 10.2 Å². The lowest BCUT2D eigenvalue weighted by Crippen LogP contribution is -2.07. The van der Waals surface area contributed by atoms with Crippen LogP contribution in [0.5, 0.6) is 0 Å². The second-order valence-electron chi connectivity index (χ2n) is 5.12. The topological polar surface area (TPSA) is 78.4 Å². The minimum Gasteiger partial charge on any atom is -0.466 e. The average Bonchev–Trinajstić information content (AvgIpc) is 3.15. The number of hydrogen-bond acceptors (Lipinski definition) is 6. The van der Waals surface area contributed by atoms with E-state index in [1.165, 1.54) is 12.1 Å². The standard InChI is InChI=1S/C16H11Cl3N2O4/c1-7-5-9(8(2)24-7)15-21-20-12(25-15)6-23-16(22)13-10(17)3-4-11(18)14(13)19/h3-5H,6H2,1-2H3. The molecule has 130 valence electrons. The van der Waals surface area contributed by atoms with E-state index in [1.54, 1.807) is 13.0 Å². The molecule has 0 amide bonds. The number of ether oxygens (including phenoxy) is 1. The number of carbonyl (C=O) groups excluding carboxylic acids is 1. The van der Waals surface area contributed by atoms with Gasteiger partial charge in [0.1, 0.15) is 11.5 Å². The van der Waals surface area contributed by atoms with Crippen molar-refractivity contribution in [3.8, 4) is 11.5 Å². The molecule has 2 heterocycles. The molecule has 0 unspecified atom stereocenters. The van der Waals surface area contributed by atoms with Gasteiger partial charge in [0.15, 0.2) is 6.61 Å². The van der Waals surface area contributed by atoms with E-state index in [9.17, 15) is 4.79 Å². The van der Waals surface area contributed by atoms with Gasteiger partial charge >= 0.3 is 5.97 Å². The van der Waals surface area contributed by atoms with Crippen molar-refractivity contribution in [2.24, 2.45) is 0 Å². The van der Waals surface area contributed by atoms with Gasteiger partial charge in [-0.3, -0.25) is 0 Å². The van der Waals surface area contributed by atoms with Crippen LogP contribution < -0.4 is 0 Å². The van der Waals surface area contributed by atoms with Crippen molar-refractivity contribution >= 4 is 40.8 Å². The molecule has 3 rings (SSSR count). The van der Waals surface area contributed by atoms with Crippen LogP contribution in [-0.2, 0) is 11.3 Å². The number of carbonyl (C=O) groups is 1. The lowest BCUT2D eigenvalue weighted by molar-refractivity contribution is 0.0439. The third kappa shape index (κ3) is 3.66. The summed E-state index contributed by atoms with van der Waals surface area (Å²) in [7, 11) is 0. The SMILES string of the molecule is Cc1cc(-c2nnc(COC(=O)c3c(Cl)ccc(Cl)c3Cl)o2)c(C)o1. The summed E-state index contributed by atoms with van der Waals surface area (Å²) in [6.07, 6.45) is 0. The van der Waals surface area contributed by atoms with Crippen LogP contribution in [0.4, 0.5) is 0 Å². The lowest BCUT2D eigenvalue weighted by atomic mass is 10.2. The third-order valence-electron chi connectivity index (χ3n) is 3.31. The highest BCUT2D eigenvalue weighted by atomic mass is 35.5. The number of halogens is 3. The van der Waals surface area contributed by atoms with Crippen LogP contribution in [0.25, 0.3) is 11.5 Å². The van der Waals surface area contributed by atoms with Gasteiger partial charge in [-0.2, -0.15) is 0 Å². The number of benzene rings is 1. The summed E-state index contributed by atoms with van der Waals surface area (Å²) in [5.41, 5.74) is 0.667. The van der Waals surface area contributed by atoms with Crippen molar-refractivity contribution in [2.75, 3.05) is 0 Å². The Morgan fingerprint density at radius 2 is 1.84 bits per heavy atom. The molecule has 2 aromatic heterocycles. The summed E-state index contributed by atoms with van der Waals surface area (Å²) >= 11 is 17.9. The first-order valence-electron chi connectivity index (χ1n) is 7.07. The number of nitrogens with zero attached hydrogens (tertiary/aromatic N) is 2. The fourth-order valence-electron chi connectivity index (χ4n) is 2.18. The van der Waals surface area contributed by atoms with E-state index < -0.39 is 5.97 Å². The molecule has 0 spiro atoms. The number of aromatic nitrogens is 2. The van der Waals surface area contributed by atoms with Crippen molar-refractivity contribution in [3.05, 3.63) is 56.2 Å². The number of esters is 1. The van der Waals surface area contributed by atoms with E-state index in [0.717, 1.165) is 5.76 Å². The Balaban J connectivity index is 1.74. The highest BCUT2D eigenvalue weighted by Crippen LogP contribution is 2.32. The molecule has 0 aliphatic carbocycles. The molecule has 0 fully saturated rings. The van der Waals surface area contributed by atoms with Crippen molar-refractivity contribution in [3.63, 3.8) is 0 Å². The molecule has 0 aliphatic rings. The van der Waals surface area contributed by atoms with E-state index in [2.05, 4.69) is 10.2 Å². The van der Waals surface area contributed by atoms with Crippen LogP contribution in [0.2, 0.25) is 15.1 Å². The van der Waals surface area contributed by atoms with E-state index in [-0.39, 0.29) is 39.0 Å². The molecule has 25 heavy (non-hydrogen) atoms. The molecule has 6 nitrogen and oxygen atoms in total. The molecule has 0 N–H and O–H groups in total. The highest BCUT2D eigenvalue weighted by Gasteiger charge is 2.20. The van der Waals surface area contributed by atoms with Gasteiger partial charge in [0.2, 0.25) is 0 Å². The van der Waals surface area contributed by atoms with Crippen LogP contribution in [0.3, 0.4) is 0 Å². The summed E-state index contributed by atoms with van der Waals surface area (Å²) in [6.45, 7) is 3.37. The van der Waals surface area contributed by atoms with Crippen LogP contribution >= 0.6 is 34.8 Å². The van der Waals surface area contributed by atoms with Gasteiger partial charge in [-0.25, -0.2) is 4.79 Å². The molecular weight excluding hydrogens is 391 g/mol. The van der Waals surface area contributed by atoms with Crippen molar-refractivity contribution in [2.45, 2.75) is 20.5 Å². The Morgan fingerprint density at radius 1 is 1.12 bits per heavy atom. The molecule has 0 saturated heterocycles. The summed E-state index contributed by atoms with van der Waals surface area (Å²) in [5, 5.41) is 8.12. The van der Waals surface area contributed by atoms with Gasteiger partial charge in [0.25, 0.3) is 11.8 Å². The molecule has 0 saturated carbocycles. The van der Waals surface area contributed by atoms with E-state index in [1.807, 2.05) is 6.92 Å². The van der Waals surface area contributed by atoms with Gasteiger partial charge < -0.3 is 13.6 Å². The molecule has 0 radical (unpaired) electrons. The number of hydrogen-bond donors (Lipinski definition) is 0. The summed E-state index contributed by atoms with van der Waals surface area (Å²) in [6, 6.07) is 4.73. The zero-order valence-corrected chi connectivity index (χ0v) is 15.4. The summed E-state index contributed by atoms with van der Waals surface area (Å²) < 4.78 is 16.0. The predicted octanol–water partition coefficient (Wildman–Crippen LogP) is 5.26. The summed E-state index contributed by atoms with van der Waals surface area (Å²) in [4.78, 5) is 12.2. The quantitative estimate of drug-likeness (QED) is 0.438. The minimum absolute atomic E-state index is 0.0168. The molecule has 1 aromatic carbocycles. The second kappa shape index (κ2) is 7.07. The maximum Gasteiger partial charge on any atom is 0.341 e. The predicted molar refractivity (Wildman–Crippen MR) is 92.1 cm³/mol. The largest absolute Gasteiger partial charge is 0.466 e. The molecule has 0 aliphatic heterocycles. The maximum atomic E-state index is 12.2. The Morgan fingerprint density at radius 3 is 2.52 bits per heavy atom.